The van der Waals surface area contributed by atoms with Crippen molar-refractivity contribution in [3.63, 3.8) is 0 Å². The molecule has 1 atom stereocenters. The molecule has 1 amide bonds. The summed E-state index contributed by atoms with van der Waals surface area (Å²) in [6.07, 6.45) is 6.89. The molecule has 3 N–H and O–H groups in total. The predicted molar refractivity (Wildman–Crippen MR) is 104 cm³/mol. The van der Waals surface area contributed by atoms with Crippen molar-refractivity contribution < 1.29 is 14.3 Å². The molecule has 1 saturated heterocycles. The summed E-state index contributed by atoms with van der Waals surface area (Å²) < 4.78 is 12.7. The molecular weight excluding hydrogens is 374 g/mol. The number of hydrogen-bond donors (Lipinski definition) is 3. The lowest BCUT2D eigenvalue weighted by Crippen LogP contribution is -2.32. The molecule has 1 aliphatic heterocycles. The van der Waals surface area contributed by atoms with E-state index in [-0.39, 0.29) is 12.0 Å². The Kier molecular flexibility index (Phi) is 4.54. The van der Waals surface area contributed by atoms with Gasteiger partial charge in [-0.05, 0) is 17.7 Å². The van der Waals surface area contributed by atoms with Crippen LogP contribution in [0.2, 0.25) is 0 Å². The molecule has 29 heavy (non-hydrogen) atoms. The number of nitrogens with zero attached hydrogens (tertiary/aromatic N) is 4. The molecule has 0 aliphatic carbocycles. The number of carbonyl (C=O) groups is 1. The Labute approximate surface area is 165 Å². The summed E-state index contributed by atoms with van der Waals surface area (Å²) in [4.78, 5) is 12.7. The SMILES string of the molecule is O=C(Nc1cnn(CC2COCCO2)c1)c1n[nH]c2cc(-c3cn[nH]c3)ccc12. The number of carbonyl (C=O) groups excluding carboxylic acids is 1. The topological polar surface area (TPSA) is 123 Å². The fraction of sp³-hybridized carbons (Fsp3) is 0.263. The van der Waals surface area contributed by atoms with Gasteiger partial charge in [0, 0.05) is 23.3 Å². The normalized spacial score (nSPS) is 16.9. The van der Waals surface area contributed by atoms with E-state index in [4.69, 9.17) is 9.47 Å². The van der Waals surface area contributed by atoms with Crippen molar-refractivity contribution >= 4 is 22.5 Å². The first kappa shape index (κ1) is 17.6. The van der Waals surface area contributed by atoms with Crippen molar-refractivity contribution in [1.29, 1.82) is 0 Å². The van der Waals surface area contributed by atoms with Crippen LogP contribution < -0.4 is 5.32 Å². The van der Waals surface area contributed by atoms with Gasteiger partial charge in [0.2, 0.25) is 0 Å². The first-order chi connectivity index (χ1) is 14.3. The Bertz CT molecular complexity index is 1130. The van der Waals surface area contributed by atoms with E-state index in [2.05, 4.69) is 30.8 Å². The number of rotatable bonds is 5. The molecule has 10 heteroatoms. The third-order valence-corrected chi connectivity index (χ3v) is 4.78. The number of aromatic nitrogens is 6. The van der Waals surface area contributed by atoms with E-state index in [1.165, 1.54) is 0 Å². The Morgan fingerprint density at radius 1 is 1.28 bits per heavy atom. The summed E-state index contributed by atoms with van der Waals surface area (Å²) in [5, 5.41) is 21.7. The zero-order valence-electron chi connectivity index (χ0n) is 15.5. The van der Waals surface area contributed by atoms with Crippen LogP contribution in [0.15, 0.2) is 43.0 Å². The minimum atomic E-state index is -0.302. The zero-order chi connectivity index (χ0) is 19.6. The van der Waals surface area contributed by atoms with Crippen LogP contribution in [0.3, 0.4) is 0 Å². The second-order valence-electron chi connectivity index (χ2n) is 6.79. The highest BCUT2D eigenvalue weighted by Gasteiger charge is 2.18. The molecule has 0 radical (unpaired) electrons. The minimum Gasteiger partial charge on any atom is -0.376 e. The van der Waals surface area contributed by atoms with Crippen LogP contribution in [-0.4, -0.2) is 62.0 Å². The number of fused-ring (bicyclic) bond motifs is 1. The molecule has 4 aromatic rings. The molecule has 3 aromatic heterocycles. The number of H-pyrrole nitrogens is 2. The van der Waals surface area contributed by atoms with Gasteiger partial charge in [-0.15, -0.1) is 0 Å². The van der Waals surface area contributed by atoms with Gasteiger partial charge in [-0.2, -0.15) is 15.3 Å². The molecule has 1 unspecified atom stereocenters. The number of ether oxygens (including phenoxy) is 2. The molecule has 1 fully saturated rings. The average Bonchev–Trinajstić information content (AvgIpc) is 3.49. The summed E-state index contributed by atoms with van der Waals surface area (Å²) in [7, 11) is 0. The fourth-order valence-electron chi connectivity index (χ4n) is 3.35. The Morgan fingerprint density at radius 3 is 3.07 bits per heavy atom. The molecule has 1 aromatic carbocycles. The smallest absolute Gasteiger partial charge is 0.276 e. The average molecular weight is 393 g/mol. The number of hydrogen-bond acceptors (Lipinski definition) is 6. The van der Waals surface area contributed by atoms with Gasteiger partial charge in [-0.25, -0.2) is 0 Å². The second-order valence-corrected chi connectivity index (χ2v) is 6.79. The van der Waals surface area contributed by atoms with Crippen molar-refractivity contribution in [3.8, 4) is 11.1 Å². The maximum atomic E-state index is 12.7. The van der Waals surface area contributed by atoms with Crippen LogP contribution in [0.4, 0.5) is 5.69 Å². The Hall–Kier alpha value is -3.50. The molecule has 5 rings (SSSR count). The quantitative estimate of drug-likeness (QED) is 0.475. The molecule has 0 saturated carbocycles. The maximum absolute atomic E-state index is 12.7. The highest BCUT2D eigenvalue weighted by molar-refractivity contribution is 6.11. The summed E-state index contributed by atoms with van der Waals surface area (Å²) in [6, 6.07) is 5.75. The summed E-state index contributed by atoms with van der Waals surface area (Å²) in [6.45, 7) is 2.32. The largest absolute Gasteiger partial charge is 0.376 e. The molecule has 1 aliphatic rings. The highest BCUT2D eigenvalue weighted by Crippen LogP contribution is 2.24. The number of amides is 1. The molecule has 0 spiro atoms. The van der Waals surface area contributed by atoms with Gasteiger partial charge in [0.05, 0.1) is 50.0 Å². The van der Waals surface area contributed by atoms with Crippen LogP contribution in [-0.2, 0) is 16.0 Å². The van der Waals surface area contributed by atoms with Crippen LogP contribution in [0.25, 0.3) is 22.0 Å². The van der Waals surface area contributed by atoms with E-state index >= 15 is 0 Å². The van der Waals surface area contributed by atoms with Gasteiger partial charge in [0.15, 0.2) is 5.69 Å². The van der Waals surface area contributed by atoms with E-state index in [9.17, 15) is 4.79 Å². The van der Waals surface area contributed by atoms with E-state index in [1.807, 2.05) is 24.4 Å². The lowest BCUT2D eigenvalue weighted by molar-refractivity contribution is -0.0946. The second kappa shape index (κ2) is 7.49. The Morgan fingerprint density at radius 2 is 2.24 bits per heavy atom. The minimum absolute atomic E-state index is 0.0353. The van der Waals surface area contributed by atoms with Gasteiger partial charge in [0.25, 0.3) is 5.91 Å². The van der Waals surface area contributed by atoms with Crippen LogP contribution in [0.5, 0.6) is 0 Å². The van der Waals surface area contributed by atoms with Gasteiger partial charge in [0.1, 0.15) is 6.10 Å². The maximum Gasteiger partial charge on any atom is 0.276 e. The van der Waals surface area contributed by atoms with Crippen LogP contribution in [0.1, 0.15) is 10.5 Å². The van der Waals surface area contributed by atoms with Crippen molar-refractivity contribution in [2.24, 2.45) is 0 Å². The number of benzene rings is 1. The van der Waals surface area contributed by atoms with E-state index in [1.54, 1.807) is 23.3 Å². The molecule has 4 heterocycles. The lowest BCUT2D eigenvalue weighted by Gasteiger charge is -2.22. The van der Waals surface area contributed by atoms with Crippen molar-refractivity contribution in [3.05, 3.63) is 48.7 Å². The summed E-state index contributed by atoms with van der Waals surface area (Å²) >= 11 is 0. The molecular formula is C19H19N7O3. The van der Waals surface area contributed by atoms with Gasteiger partial charge in [-0.1, -0.05) is 6.07 Å². The van der Waals surface area contributed by atoms with Gasteiger partial charge >= 0.3 is 0 Å². The molecule has 0 bridgehead atoms. The van der Waals surface area contributed by atoms with Crippen LogP contribution >= 0.6 is 0 Å². The Balaban J connectivity index is 1.30. The fourth-order valence-corrected chi connectivity index (χ4v) is 3.35. The first-order valence-corrected chi connectivity index (χ1v) is 9.27. The van der Waals surface area contributed by atoms with Crippen molar-refractivity contribution in [2.45, 2.75) is 12.6 Å². The lowest BCUT2D eigenvalue weighted by atomic mass is 10.1. The summed E-state index contributed by atoms with van der Waals surface area (Å²) in [5.41, 5.74) is 3.65. The number of nitrogens with one attached hydrogen (secondary N) is 3. The van der Waals surface area contributed by atoms with Crippen LogP contribution in [0, 0.1) is 0 Å². The van der Waals surface area contributed by atoms with Crippen molar-refractivity contribution in [1.82, 2.24) is 30.2 Å². The first-order valence-electron chi connectivity index (χ1n) is 9.27. The zero-order valence-corrected chi connectivity index (χ0v) is 15.5. The molecule has 10 nitrogen and oxygen atoms in total. The van der Waals surface area contributed by atoms with Gasteiger partial charge < -0.3 is 14.8 Å². The highest BCUT2D eigenvalue weighted by atomic mass is 16.6. The van der Waals surface area contributed by atoms with E-state index in [0.717, 1.165) is 22.0 Å². The van der Waals surface area contributed by atoms with Crippen molar-refractivity contribution in [2.75, 3.05) is 25.1 Å². The van der Waals surface area contributed by atoms with Gasteiger partial charge in [-0.3, -0.25) is 19.7 Å². The summed E-state index contributed by atoms with van der Waals surface area (Å²) in [5.74, 6) is -0.302. The number of aromatic amines is 2. The molecule has 148 valence electrons. The predicted octanol–water partition coefficient (Wildman–Crippen LogP) is 1.82. The third kappa shape index (κ3) is 3.62. The third-order valence-electron chi connectivity index (χ3n) is 4.78. The number of anilines is 1. The standard InChI is InChI=1S/C19H19N7O3/c27-19(23-14-8-22-26(9-14)10-15-11-28-3-4-29-15)18-16-2-1-12(5-17(16)24-25-18)13-6-20-21-7-13/h1-2,5-9,15H,3-4,10-11H2,(H,20,21)(H,23,27)(H,24,25). The van der Waals surface area contributed by atoms with E-state index in [0.29, 0.717) is 37.7 Å². The van der Waals surface area contributed by atoms with E-state index < -0.39 is 0 Å². The monoisotopic (exact) mass is 393 g/mol.